The van der Waals surface area contributed by atoms with Crippen molar-refractivity contribution in [1.82, 2.24) is 14.8 Å². The van der Waals surface area contributed by atoms with E-state index in [2.05, 4.69) is 15.3 Å². The molecule has 2 amide bonds. The minimum Gasteiger partial charge on any atom is -0.340 e. The van der Waals surface area contributed by atoms with E-state index < -0.39 is 5.82 Å². The van der Waals surface area contributed by atoms with Gasteiger partial charge < -0.3 is 4.90 Å². The number of hydrogen-bond acceptors (Lipinski definition) is 5. The predicted molar refractivity (Wildman–Crippen MR) is 110 cm³/mol. The Hall–Kier alpha value is -3.00. The van der Waals surface area contributed by atoms with E-state index in [1.807, 2.05) is 17.9 Å². The molecule has 0 spiro atoms. The average molecular weight is 399 g/mol. The predicted octanol–water partition coefficient (Wildman–Crippen LogP) is 2.23. The fourth-order valence-electron chi connectivity index (χ4n) is 3.32. The summed E-state index contributed by atoms with van der Waals surface area (Å²) in [7, 11) is 0. The van der Waals surface area contributed by atoms with Crippen LogP contribution in [0.2, 0.25) is 0 Å². The van der Waals surface area contributed by atoms with Gasteiger partial charge in [-0.25, -0.2) is 9.40 Å². The third kappa shape index (κ3) is 5.74. The van der Waals surface area contributed by atoms with Crippen LogP contribution in [0.15, 0.2) is 36.5 Å². The molecule has 1 aliphatic heterocycles. The second kappa shape index (κ2) is 9.47. The molecule has 1 fully saturated rings. The summed E-state index contributed by atoms with van der Waals surface area (Å²) in [6.45, 7) is 7.29. The first-order chi connectivity index (χ1) is 13.9. The molecule has 154 valence electrons. The molecular weight excluding hydrogens is 373 g/mol. The largest absolute Gasteiger partial charge is 0.340 e. The van der Waals surface area contributed by atoms with Crippen molar-refractivity contribution < 1.29 is 14.0 Å². The van der Waals surface area contributed by atoms with E-state index in [1.54, 1.807) is 25.3 Å². The van der Waals surface area contributed by atoms with Gasteiger partial charge in [-0.15, -0.1) is 0 Å². The van der Waals surface area contributed by atoms with Crippen molar-refractivity contribution in [3.05, 3.63) is 53.6 Å². The quantitative estimate of drug-likeness (QED) is 0.571. The van der Waals surface area contributed by atoms with Gasteiger partial charge in [-0.3, -0.25) is 24.9 Å². The highest BCUT2D eigenvalue weighted by atomic mass is 19.1. The summed E-state index contributed by atoms with van der Waals surface area (Å²) < 4.78 is 14.2. The number of aromatic nitrogens is 1. The van der Waals surface area contributed by atoms with Crippen molar-refractivity contribution in [2.75, 3.05) is 43.2 Å². The van der Waals surface area contributed by atoms with E-state index in [4.69, 9.17) is 0 Å². The van der Waals surface area contributed by atoms with Crippen molar-refractivity contribution in [2.24, 2.45) is 0 Å². The number of aryl methyl sites for hydroxylation is 1. The van der Waals surface area contributed by atoms with Crippen LogP contribution in [0.4, 0.5) is 15.8 Å². The third-order valence-electron chi connectivity index (χ3n) is 5.02. The Bertz CT molecular complexity index is 851. The maximum absolute atomic E-state index is 14.2. The molecular formula is C21H26FN5O2. The third-order valence-corrected chi connectivity index (χ3v) is 5.02. The monoisotopic (exact) mass is 399 g/mol. The zero-order chi connectivity index (χ0) is 20.8. The van der Waals surface area contributed by atoms with Gasteiger partial charge >= 0.3 is 0 Å². The second-order valence-corrected chi connectivity index (χ2v) is 7.19. The molecule has 0 atom stereocenters. The Balaban J connectivity index is 1.63. The summed E-state index contributed by atoms with van der Waals surface area (Å²) in [6, 6.07) is 8.25. The number of anilines is 2. The lowest BCUT2D eigenvalue weighted by Crippen LogP contribution is -2.48. The molecule has 8 heteroatoms. The molecule has 7 nitrogen and oxygen atoms in total. The molecule has 1 N–H and O–H groups in total. The van der Waals surface area contributed by atoms with E-state index in [1.165, 1.54) is 17.1 Å². The van der Waals surface area contributed by atoms with E-state index in [9.17, 15) is 14.0 Å². The number of rotatable bonds is 7. The van der Waals surface area contributed by atoms with Gasteiger partial charge in [0.05, 0.1) is 17.6 Å². The first kappa shape index (κ1) is 20.7. The number of nitrogens with zero attached hydrogens (tertiary/aromatic N) is 4. The van der Waals surface area contributed by atoms with Crippen LogP contribution in [0.25, 0.3) is 0 Å². The fraction of sp³-hybridized carbons (Fsp3) is 0.381. The maximum Gasteiger partial charge on any atom is 0.232 e. The summed E-state index contributed by atoms with van der Waals surface area (Å²) in [5, 5.41) is 1.24. The molecule has 29 heavy (non-hydrogen) atoms. The van der Waals surface area contributed by atoms with E-state index in [-0.39, 0.29) is 5.91 Å². The Morgan fingerprint density at radius 1 is 1.24 bits per heavy atom. The van der Waals surface area contributed by atoms with Gasteiger partial charge in [0.1, 0.15) is 5.82 Å². The lowest BCUT2D eigenvalue weighted by atomic mass is 10.1. The van der Waals surface area contributed by atoms with Gasteiger partial charge in [0.15, 0.2) is 0 Å². The molecule has 1 aromatic heterocycles. The van der Waals surface area contributed by atoms with Crippen molar-refractivity contribution in [3.63, 3.8) is 0 Å². The van der Waals surface area contributed by atoms with E-state index in [0.29, 0.717) is 24.2 Å². The van der Waals surface area contributed by atoms with E-state index in [0.717, 1.165) is 44.0 Å². The zero-order valence-corrected chi connectivity index (χ0v) is 16.8. The van der Waals surface area contributed by atoms with Gasteiger partial charge in [0.2, 0.25) is 12.3 Å². The summed E-state index contributed by atoms with van der Waals surface area (Å²) in [4.78, 5) is 31.3. The van der Waals surface area contributed by atoms with Crippen molar-refractivity contribution in [3.8, 4) is 0 Å². The first-order valence-corrected chi connectivity index (χ1v) is 9.66. The fourth-order valence-corrected chi connectivity index (χ4v) is 3.32. The Kier molecular flexibility index (Phi) is 6.77. The maximum atomic E-state index is 14.2. The van der Waals surface area contributed by atoms with Crippen LogP contribution in [0.1, 0.15) is 18.2 Å². The number of carbonyl (C=O) groups is 2. The number of nitrogens with one attached hydrogen (secondary N) is 1. The molecule has 0 bridgehead atoms. The molecule has 0 unspecified atom stereocenters. The minimum atomic E-state index is -0.394. The number of amides is 2. The van der Waals surface area contributed by atoms with Crippen LogP contribution in [0.5, 0.6) is 0 Å². The van der Waals surface area contributed by atoms with Crippen molar-refractivity contribution in [2.45, 2.75) is 20.3 Å². The number of hydrogen-bond donors (Lipinski definition) is 1. The lowest BCUT2D eigenvalue weighted by molar-refractivity contribution is -0.130. The molecule has 2 heterocycles. The number of piperazine rings is 1. The second-order valence-electron chi connectivity index (χ2n) is 7.19. The summed E-state index contributed by atoms with van der Waals surface area (Å²) >= 11 is 0. The van der Waals surface area contributed by atoms with Crippen LogP contribution in [0, 0.1) is 12.7 Å². The Morgan fingerprint density at radius 3 is 2.62 bits per heavy atom. The average Bonchev–Trinajstić information content (AvgIpc) is 2.71. The normalized spacial score (nSPS) is 14.5. The highest BCUT2D eigenvalue weighted by Gasteiger charge is 2.18. The number of benzene rings is 1. The van der Waals surface area contributed by atoms with Gasteiger partial charge in [-0.2, -0.15) is 0 Å². The van der Waals surface area contributed by atoms with Gasteiger partial charge in [0.25, 0.3) is 0 Å². The number of hydrazine groups is 1. The number of carbonyl (C=O) groups excluding carboxylic acids is 2. The Labute approximate surface area is 170 Å². The molecule has 0 radical (unpaired) electrons. The van der Waals surface area contributed by atoms with Gasteiger partial charge in [-0.05, 0) is 49.2 Å². The summed E-state index contributed by atoms with van der Waals surface area (Å²) in [6.07, 6.45) is 2.88. The summed E-state index contributed by atoms with van der Waals surface area (Å²) in [5.41, 5.74) is 5.68. The molecule has 0 saturated carbocycles. The molecule has 3 rings (SSSR count). The molecule has 1 aromatic carbocycles. The van der Waals surface area contributed by atoms with Crippen molar-refractivity contribution in [1.29, 1.82) is 0 Å². The lowest BCUT2D eigenvalue weighted by Gasteiger charge is -2.34. The summed E-state index contributed by atoms with van der Waals surface area (Å²) in [5.74, 6) is -0.292. The van der Waals surface area contributed by atoms with Crippen molar-refractivity contribution >= 4 is 23.7 Å². The van der Waals surface area contributed by atoms with Crippen LogP contribution < -0.4 is 10.4 Å². The van der Waals surface area contributed by atoms with Crippen LogP contribution in [0.3, 0.4) is 0 Å². The van der Waals surface area contributed by atoms with Crippen LogP contribution in [-0.2, 0) is 16.0 Å². The standard InChI is InChI=1S/C21H26FN5O2/c1-16-3-4-20(14-23-16)24-27(15-28)21-12-18(11-19(22)13-21)5-6-25-7-9-26(10-8-25)17(2)29/h3-4,11-15,24H,5-10H2,1-2H3. The Morgan fingerprint density at radius 2 is 2.00 bits per heavy atom. The zero-order valence-electron chi connectivity index (χ0n) is 16.8. The highest BCUT2D eigenvalue weighted by Crippen LogP contribution is 2.20. The number of pyridine rings is 1. The highest BCUT2D eigenvalue weighted by molar-refractivity contribution is 5.78. The number of halogens is 1. The smallest absolute Gasteiger partial charge is 0.232 e. The SMILES string of the molecule is CC(=O)N1CCN(CCc2cc(F)cc(N(C=O)Nc3ccc(C)nc3)c2)CC1. The van der Waals surface area contributed by atoms with E-state index >= 15 is 0 Å². The first-order valence-electron chi connectivity index (χ1n) is 9.66. The molecule has 0 aliphatic carbocycles. The molecule has 1 saturated heterocycles. The van der Waals surface area contributed by atoms with Gasteiger partial charge in [0, 0.05) is 45.3 Å². The van der Waals surface area contributed by atoms with Crippen LogP contribution >= 0.6 is 0 Å². The van der Waals surface area contributed by atoms with Gasteiger partial charge in [-0.1, -0.05) is 0 Å². The molecule has 1 aliphatic rings. The minimum absolute atomic E-state index is 0.102. The topological polar surface area (TPSA) is 68.8 Å². The van der Waals surface area contributed by atoms with Crippen LogP contribution in [-0.4, -0.2) is 59.8 Å². The molecule has 2 aromatic rings.